The number of hydrogen-bond acceptors (Lipinski definition) is 5. The van der Waals surface area contributed by atoms with Crippen molar-refractivity contribution in [3.8, 4) is 0 Å². The minimum absolute atomic E-state index is 0.0166. The van der Waals surface area contributed by atoms with E-state index in [0.29, 0.717) is 17.9 Å². The van der Waals surface area contributed by atoms with Crippen LogP contribution in [0.1, 0.15) is 30.7 Å². The molecule has 1 unspecified atom stereocenters. The zero-order chi connectivity index (χ0) is 13.0. The second-order valence-electron chi connectivity index (χ2n) is 4.74. The van der Waals surface area contributed by atoms with Crippen molar-refractivity contribution in [2.24, 2.45) is 0 Å². The fourth-order valence-electron chi connectivity index (χ4n) is 2.05. The third-order valence-corrected chi connectivity index (χ3v) is 3.24. The maximum Gasteiger partial charge on any atom is 0.228 e. The minimum Gasteiger partial charge on any atom is -0.376 e. The Kier molecular flexibility index (Phi) is 4.30. The molecule has 2 rings (SSSR count). The summed E-state index contributed by atoms with van der Waals surface area (Å²) in [6.45, 7) is 3.23. The Morgan fingerprint density at radius 3 is 2.89 bits per heavy atom. The molecule has 0 aromatic carbocycles. The van der Waals surface area contributed by atoms with E-state index >= 15 is 0 Å². The molecule has 1 aromatic rings. The van der Waals surface area contributed by atoms with Crippen LogP contribution in [0.15, 0.2) is 4.63 Å². The Labute approximate surface area is 106 Å². The third-order valence-electron chi connectivity index (χ3n) is 3.24. The molecule has 1 saturated heterocycles. The van der Waals surface area contributed by atoms with Crippen molar-refractivity contribution in [1.29, 1.82) is 0 Å². The number of aromatic nitrogens is 2. The van der Waals surface area contributed by atoms with Crippen LogP contribution in [0, 0.1) is 6.92 Å². The number of likely N-dealkylation sites (N-methyl/N-ethyl adjacent to an activating group) is 1. The topological polar surface area (TPSA) is 68.5 Å². The lowest BCUT2D eigenvalue weighted by molar-refractivity contribution is -0.131. The predicted molar refractivity (Wildman–Crippen MR) is 64.0 cm³/mol. The number of nitrogens with zero attached hydrogens (tertiary/aromatic N) is 3. The van der Waals surface area contributed by atoms with E-state index in [1.807, 2.05) is 0 Å². The molecule has 1 aromatic heterocycles. The quantitative estimate of drug-likeness (QED) is 0.799. The first kappa shape index (κ1) is 13.0. The molecule has 2 heterocycles. The molecule has 0 bridgehead atoms. The second-order valence-corrected chi connectivity index (χ2v) is 4.74. The van der Waals surface area contributed by atoms with Gasteiger partial charge in [0.1, 0.15) is 11.4 Å². The van der Waals surface area contributed by atoms with Crippen LogP contribution in [0.2, 0.25) is 0 Å². The molecule has 1 aliphatic heterocycles. The molecule has 0 saturated carbocycles. The molecule has 18 heavy (non-hydrogen) atoms. The van der Waals surface area contributed by atoms with Gasteiger partial charge in [-0.3, -0.25) is 4.79 Å². The highest BCUT2D eigenvalue weighted by atomic mass is 16.6. The van der Waals surface area contributed by atoms with E-state index in [1.54, 1.807) is 18.9 Å². The minimum atomic E-state index is 0.0166. The number of ether oxygens (including phenoxy) is 1. The Balaban J connectivity index is 1.83. The maximum absolute atomic E-state index is 12.0. The predicted octanol–water partition coefficient (Wildman–Crippen LogP) is 0.948. The molecular weight excluding hydrogens is 234 g/mol. The molecule has 0 aliphatic carbocycles. The smallest absolute Gasteiger partial charge is 0.228 e. The Bertz CT molecular complexity index is 399. The molecule has 1 aliphatic rings. The van der Waals surface area contributed by atoms with Gasteiger partial charge in [0.2, 0.25) is 5.91 Å². The number of amides is 1. The van der Waals surface area contributed by atoms with E-state index in [4.69, 9.17) is 4.74 Å². The number of carbonyl (C=O) groups is 1. The summed E-state index contributed by atoms with van der Waals surface area (Å²) in [5, 5.41) is 7.38. The van der Waals surface area contributed by atoms with Crippen molar-refractivity contribution in [3.63, 3.8) is 0 Å². The van der Waals surface area contributed by atoms with E-state index in [-0.39, 0.29) is 18.4 Å². The Hall–Kier alpha value is -1.43. The van der Waals surface area contributed by atoms with Crippen LogP contribution in [0.5, 0.6) is 0 Å². The zero-order valence-electron chi connectivity index (χ0n) is 10.9. The molecule has 1 atom stereocenters. The first-order valence-corrected chi connectivity index (χ1v) is 6.30. The van der Waals surface area contributed by atoms with Gasteiger partial charge in [0.05, 0.1) is 12.5 Å². The van der Waals surface area contributed by atoms with Crippen molar-refractivity contribution in [2.45, 2.75) is 38.7 Å². The normalized spacial score (nSPS) is 19.8. The zero-order valence-corrected chi connectivity index (χ0v) is 10.9. The molecule has 1 fully saturated rings. The van der Waals surface area contributed by atoms with Gasteiger partial charge < -0.3 is 9.64 Å². The average molecular weight is 253 g/mol. The maximum atomic E-state index is 12.0. The molecule has 6 heteroatoms. The molecule has 6 nitrogen and oxygen atoms in total. The first-order chi connectivity index (χ1) is 8.66. The average Bonchev–Trinajstić information content (AvgIpc) is 2.76. The summed E-state index contributed by atoms with van der Waals surface area (Å²) in [5.41, 5.74) is 1.28. The van der Waals surface area contributed by atoms with Crippen LogP contribution in [0.3, 0.4) is 0 Å². The number of aryl methyl sites for hydroxylation is 1. The number of rotatable bonds is 4. The lowest BCUT2D eigenvalue weighted by Gasteiger charge is -2.27. The Morgan fingerprint density at radius 2 is 2.28 bits per heavy atom. The van der Waals surface area contributed by atoms with Gasteiger partial charge in [-0.25, -0.2) is 4.63 Å². The van der Waals surface area contributed by atoms with Crippen LogP contribution in [-0.2, 0) is 16.0 Å². The van der Waals surface area contributed by atoms with Gasteiger partial charge in [0.25, 0.3) is 0 Å². The van der Waals surface area contributed by atoms with Gasteiger partial charge in [-0.1, -0.05) is 10.3 Å². The third kappa shape index (κ3) is 3.29. The van der Waals surface area contributed by atoms with Crippen molar-refractivity contribution in [2.75, 3.05) is 20.2 Å². The number of carbonyl (C=O) groups excluding carboxylic acids is 1. The highest BCUT2D eigenvalue weighted by Crippen LogP contribution is 2.14. The summed E-state index contributed by atoms with van der Waals surface area (Å²) >= 11 is 0. The summed E-state index contributed by atoms with van der Waals surface area (Å²) in [7, 11) is 1.79. The summed E-state index contributed by atoms with van der Waals surface area (Å²) in [6.07, 6.45) is 3.74. The van der Waals surface area contributed by atoms with Crippen molar-refractivity contribution >= 4 is 5.91 Å². The summed E-state index contributed by atoms with van der Waals surface area (Å²) in [5.74, 6) is 0.0166. The van der Waals surface area contributed by atoms with Gasteiger partial charge in [0.15, 0.2) is 0 Å². The Morgan fingerprint density at radius 1 is 1.44 bits per heavy atom. The fourth-order valence-corrected chi connectivity index (χ4v) is 2.05. The van der Waals surface area contributed by atoms with E-state index in [2.05, 4.69) is 14.9 Å². The lowest BCUT2D eigenvalue weighted by atomic mass is 10.1. The summed E-state index contributed by atoms with van der Waals surface area (Å²) in [6, 6.07) is 0. The van der Waals surface area contributed by atoms with Gasteiger partial charge in [-0.15, -0.1) is 0 Å². The van der Waals surface area contributed by atoms with Crippen LogP contribution < -0.4 is 0 Å². The van der Waals surface area contributed by atoms with Gasteiger partial charge >= 0.3 is 0 Å². The monoisotopic (exact) mass is 253 g/mol. The lowest BCUT2D eigenvalue weighted by Crippen LogP contribution is -2.37. The molecule has 0 radical (unpaired) electrons. The van der Waals surface area contributed by atoms with Gasteiger partial charge in [-0.2, -0.15) is 0 Å². The molecule has 0 spiro atoms. The summed E-state index contributed by atoms with van der Waals surface area (Å²) < 4.78 is 10.2. The van der Waals surface area contributed by atoms with Crippen LogP contribution in [-0.4, -0.2) is 47.4 Å². The highest BCUT2D eigenvalue weighted by Gasteiger charge is 2.20. The largest absolute Gasteiger partial charge is 0.376 e. The molecular formula is C12H19N3O3. The van der Waals surface area contributed by atoms with Crippen molar-refractivity contribution in [1.82, 2.24) is 15.2 Å². The van der Waals surface area contributed by atoms with Crippen LogP contribution >= 0.6 is 0 Å². The van der Waals surface area contributed by atoms with Crippen LogP contribution in [0.4, 0.5) is 0 Å². The van der Waals surface area contributed by atoms with Crippen molar-refractivity contribution < 1.29 is 14.2 Å². The highest BCUT2D eigenvalue weighted by molar-refractivity contribution is 5.78. The standard InChI is InChI=1S/C12H19N3O3/c1-9-11(14-18-13-9)7-12(16)15(2)8-10-5-3-4-6-17-10/h10H,3-8H2,1-2H3. The van der Waals surface area contributed by atoms with E-state index in [1.165, 1.54) is 6.42 Å². The van der Waals surface area contributed by atoms with Gasteiger partial charge in [-0.05, 0) is 26.2 Å². The van der Waals surface area contributed by atoms with Crippen LogP contribution in [0.25, 0.3) is 0 Å². The van der Waals surface area contributed by atoms with E-state index in [9.17, 15) is 4.79 Å². The van der Waals surface area contributed by atoms with E-state index in [0.717, 1.165) is 19.4 Å². The number of hydrogen-bond donors (Lipinski definition) is 0. The summed E-state index contributed by atoms with van der Waals surface area (Å²) in [4.78, 5) is 13.7. The van der Waals surface area contributed by atoms with Gasteiger partial charge in [0, 0.05) is 20.2 Å². The first-order valence-electron chi connectivity index (χ1n) is 6.30. The molecule has 0 N–H and O–H groups in total. The molecule has 100 valence electrons. The molecule has 1 amide bonds. The second kappa shape index (κ2) is 5.95. The SMILES string of the molecule is Cc1nonc1CC(=O)N(C)CC1CCCCO1. The fraction of sp³-hybridized carbons (Fsp3) is 0.750. The van der Waals surface area contributed by atoms with Crippen molar-refractivity contribution in [3.05, 3.63) is 11.4 Å². The van der Waals surface area contributed by atoms with E-state index < -0.39 is 0 Å².